The van der Waals surface area contributed by atoms with Crippen LogP contribution in [0.4, 0.5) is 5.69 Å². The molecule has 27 heavy (non-hydrogen) atoms. The Labute approximate surface area is 155 Å². The van der Waals surface area contributed by atoms with Crippen LogP contribution in [0.15, 0.2) is 58.2 Å². The molecule has 1 aliphatic rings. The average Bonchev–Trinajstić information content (AvgIpc) is 3.22. The first-order valence-electron chi connectivity index (χ1n) is 8.50. The summed E-state index contributed by atoms with van der Waals surface area (Å²) in [7, 11) is 0. The molecule has 0 fully saturated rings. The second-order valence-corrected chi connectivity index (χ2v) is 5.97. The Balaban J connectivity index is 1.57. The molecule has 3 rings (SSSR count). The number of ether oxygens (including phenoxy) is 1. The Morgan fingerprint density at radius 1 is 1.22 bits per heavy atom. The molecule has 0 saturated carbocycles. The van der Waals surface area contributed by atoms with E-state index in [2.05, 4.69) is 10.4 Å². The number of nitrogens with one attached hydrogen (secondary N) is 1. The third-order valence-electron chi connectivity index (χ3n) is 3.95. The maximum Gasteiger partial charge on any atom is 0.355 e. The van der Waals surface area contributed by atoms with E-state index in [1.807, 2.05) is 6.07 Å². The number of anilines is 1. The molecule has 1 N–H and O–H groups in total. The van der Waals surface area contributed by atoms with Gasteiger partial charge in [0.1, 0.15) is 11.5 Å². The third kappa shape index (κ3) is 4.60. The van der Waals surface area contributed by atoms with Crippen LogP contribution in [0.5, 0.6) is 0 Å². The zero-order valence-electron chi connectivity index (χ0n) is 14.8. The quantitative estimate of drug-likeness (QED) is 0.787. The molecule has 0 spiro atoms. The Kier molecular flexibility index (Phi) is 5.65. The van der Waals surface area contributed by atoms with Gasteiger partial charge in [-0.25, -0.2) is 9.80 Å². The van der Waals surface area contributed by atoms with Crippen LogP contribution in [0.2, 0.25) is 0 Å². The van der Waals surface area contributed by atoms with Crippen molar-refractivity contribution in [1.29, 1.82) is 0 Å². The van der Waals surface area contributed by atoms with Crippen molar-refractivity contribution in [2.45, 2.75) is 25.8 Å². The predicted molar refractivity (Wildman–Crippen MR) is 96.8 cm³/mol. The molecule has 8 heteroatoms. The standard InChI is InChI=1S/C19H19N3O5/c1-13(16-8-5-11-26-16)20-17(23)12-27-19(25)15-9-10-18(24)22(21-15)14-6-3-2-4-7-14/h2-8,11,13H,9-10,12H2,1H3,(H,20,23). The summed E-state index contributed by atoms with van der Waals surface area (Å²) < 4.78 is 10.2. The first-order valence-corrected chi connectivity index (χ1v) is 8.50. The van der Waals surface area contributed by atoms with Crippen LogP contribution in [0, 0.1) is 0 Å². The second-order valence-electron chi connectivity index (χ2n) is 5.97. The molecule has 2 heterocycles. The molecule has 0 radical (unpaired) electrons. The van der Waals surface area contributed by atoms with Crippen LogP contribution < -0.4 is 10.3 Å². The number of amides is 2. The lowest BCUT2D eigenvalue weighted by Gasteiger charge is -2.22. The fraction of sp³-hybridized carbons (Fsp3) is 0.263. The monoisotopic (exact) mass is 369 g/mol. The molecule has 1 atom stereocenters. The lowest BCUT2D eigenvalue weighted by Crippen LogP contribution is -2.36. The van der Waals surface area contributed by atoms with E-state index < -0.39 is 18.5 Å². The maximum absolute atomic E-state index is 12.2. The van der Waals surface area contributed by atoms with Gasteiger partial charge in [-0.2, -0.15) is 5.10 Å². The summed E-state index contributed by atoms with van der Waals surface area (Å²) in [5, 5.41) is 7.94. The third-order valence-corrected chi connectivity index (χ3v) is 3.95. The summed E-state index contributed by atoms with van der Waals surface area (Å²) in [6, 6.07) is 11.9. The number of hydrogen-bond acceptors (Lipinski definition) is 6. The van der Waals surface area contributed by atoms with Crippen molar-refractivity contribution in [3.8, 4) is 0 Å². The number of para-hydroxylation sites is 1. The van der Waals surface area contributed by atoms with E-state index in [1.165, 1.54) is 11.3 Å². The molecule has 8 nitrogen and oxygen atoms in total. The number of carbonyl (C=O) groups excluding carboxylic acids is 3. The summed E-state index contributed by atoms with van der Waals surface area (Å²) in [6.07, 6.45) is 1.83. The SMILES string of the molecule is CC(NC(=O)COC(=O)C1=NN(c2ccccc2)C(=O)CC1)c1ccco1. The topological polar surface area (TPSA) is 101 Å². The van der Waals surface area contributed by atoms with Gasteiger partial charge in [0, 0.05) is 12.8 Å². The number of hydrazone groups is 1. The van der Waals surface area contributed by atoms with E-state index in [9.17, 15) is 14.4 Å². The summed E-state index contributed by atoms with van der Waals surface area (Å²) in [6.45, 7) is 1.31. The number of benzene rings is 1. The van der Waals surface area contributed by atoms with Crippen molar-refractivity contribution in [2.75, 3.05) is 11.6 Å². The molecule has 2 aromatic rings. The van der Waals surface area contributed by atoms with Gasteiger partial charge in [-0.3, -0.25) is 9.59 Å². The van der Waals surface area contributed by atoms with Crippen molar-refractivity contribution in [3.63, 3.8) is 0 Å². The minimum atomic E-state index is -0.718. The summed E-state index contributed by atoms with van der Waals surface area (Å²) in [5.74, 6) is -0.782. The highest BCUT2D eigenvalue weighted by Crippen LogP contribution is 2.20. The van der Waals surface area contributed by atoms with Crippen molar-refractivity contribution in [2.24, 2.45) is 5.10 Å². The molecular weight excluding hydrogens is 350 g/mol. The van der Waals surface area contributed by atoms with Gasteiger partial charge >= 0.3 is 5.97 Å². The van der Waals surface area contributed by atoms with Crippen molar-refractivity contribution in [3.05, 3.63) is 54.5 Å². The van der Waals surface area contributed by atoms with E-state index in [0.717, 1.165) is 0 Å². The normalized spacial score (nSPS) is 15.1. The smallest absolute Gasteiger partial charge is 0.355 e. The van der Waals surface area contributed by atoms with Gasteiger partial charge in [-0.15, -0.1) is 0 Å². The Morgan fingerprint density at radius 3 is 2.70 bits per heavy atom. The molecule has 1 aliphatic heterocycles. The van der Waals surface area contributed by atoms with Gasteiger partial charge in [-0.1, -0.05) is 18.2 Å². The first kappa shape index (κ1) is 18.4. The highest BCUT2D eigenvalue weighted by atomic mass is 16.5. The molecule has 140 valence electrons. The summed E-state index contributed by atoms with van der Waals surface area (Å²) in [5.41, 5.74) is 0.669. The summed E-state index contributed by atoms with van der Waals surface area (Å²) in [4.78, 5) is 36.2. The minimum Gasteiger partial charge on any atom is -0.467 e. The molecule has 0 bridgehead atoms. The van der Waals surface area contributed by atoms with Crippen LogP contribution in [0.1, 0.15) is 31.6 Å². The fourth-order valence-corrected chi connectivity index (χ4v) is 2.58. The molecule has 1 aromatic carbocycles. The molecule has 2 amide bonds. The van der Waals surface area contributed by atoms with Crippen molar-refractivity contribution in [1.82, 2.24) is 5.32 Å². The molecule has 0 saturated heterocycles. The Hall–Kier alpha value is -3.42. The Morgan fingerprint density at radius 2 is 2.00 bits per heavy atom. The van der Waals surface area contributed by atoms with Crippen molar-refractivity contribution >= 4 is 29.2 Å². The van der Waals surface area contributed by atoms with Crippen LogP contribution in [-0.4, -0.2) is 30.1 Å². The van der Waals surface area contributed by atoms with E-state index in [0.29, 0.717) is 11.4 Å². The highest BCUT2D eigenvalue weighted by molar-refractivity contribution is 6.38. The second kappa shape index (κ2) is 8.31. The molecule has 0 aliphatic carbocycles. The van der Waals surface area contributed by atoms with E-state index in [4.69, 9.17) is 9.15 Å². The maximum atomic E-state index is 12.2. The van der Waals surface area contributed by atoms with Crippen LogP contribution in [0.25, 0.3) is 0 Å². The molecule has 1 unspecified atom stereocenters. The Bertz CT molecular complexity index is 845. The van der Waals surface area contributed by atoms with E-state index in [-0.39, 0.29) is 30.5 Å². The van der Waals surface area contributed by atoms with E-state index in [1.54, 1.807) is 43.3 Å². The number of hydrogen-bond donors (Lipinski definition) is 1. The number of furan rings is 1. The van der Waals surface area contributed by atoms with Gasteiger partial charge in [0.15, 0.2) is 6.61 Å². The minimum absolute atomic E-state index is 0.102. The van der Waals surface area contributed by atoms with Crippen LogP contribution >= 0.6 is 0 Å². The van der Waals surface area contributed by atoms with Gasteiger partial charge in [0.2, 0.25) is 5.91 Å². The molecule has 1 aromatic heterocycles. The number of nitrogens with zero attached hydrogens (tertiary/aromatic N) is 2. The number of esters is 1. The number of rotatable bonds is 6. The fourth-order valence-electron chi connectivity index (χ4n) is 2.58. The van der Waals surface area contributed by atoms with Gasteiger partial charge in [0.05, 0.1) is 18.0 Å². The van der Waals surface area contributed by atoms with Gasteiger partial charge in [-0.05, 0) is 31.2 Å². The highest BCUT2D eigenvalue weighted by Gasteiger charge is 2.27. The first-order chi connectivity index (χ1) is 13.0. The summed E-state index contributed by atoms with van der Waals surface area (Å²) >= 11 is 0. The lowest BCUT2D eigenvalue weighted by molar-refractivity contribution is -0.142. The zero-order chi connectivity index (χ0) is 19.2. The van der Waals surface area contributed by atoms with Crippen molar-refractivity contribution < 1.29 is 23.5 Å². The number of carbonyl (C=O) groups is 3. The van der Waals surface area contributed by atoms with Crippen LogP contribution in [-0.2, 0) is 19.1 Å². The van der Waals surface area contributed by atoms with Gasteiger partial charge < -0.3 is 14.5 Å². The van der Waals surface area contributed by atoms with Gasteiger partial charge in [0.25, 0.3) is 5.91 Å². The lowest BCUT2D eigenvalue weighted by atomic mass is 10.1. The molecular formula is C19H19N3O5. The average molecular weight is 369 g/mol. The van der Waals surface area contributed by atoms with Crippen LogP contribution in [0.3, 0.4) is 0 Å². The predicted octanol–water partition coefficient (Wildman–Crippen LogP) is 2.18. The largest absolute Gasteiger partial charge is 0.467 e. The van der Waals surface area contributed by atoms with E-state index >= 15 is 0 Å². The zero-order valence-corrected chi connectivity index (χ0v) is 14.8.